The second kappa shape index (κ2) is 16.8. The van der Waals surface area contributed by atoms with Gasteiger partial charge in [0, 0.05) is 19.3 Å². The van der Waals surface area contributed by atoms with E-state index in [4.69, 9.17) is 9.47 Å². The van der Waals surface area contributed by atoms with Crippen LogP contribution in [0.4, 0.5) is 0 Å². The minimum atomic E-state index is -0.699. The summed E-state index contributed by atoms with van der Waals surface area (Å²) in [6.07, 6.45) is 12.2. The number of carbonyl (C=O) groups is 2. The Balaban J connectivity index is 4.20. The predicted octanol–water partition coefficient (Wildman–Crippen LogP) is 5.92. The zero-order valence-corrected chi connectivity index (χ0v) is 16.1. The van der Waals surface area contributed by atoms with E-state index in [-0.39, 0.29) is 11.9 Å². The third-order valence-electron chi connectivity index (χ3n) is 4.04. The maximum Gasteiger partial charge on any atom is 0.308 e. The molecule has 0 heterocycles. The molecule has 0 rings (SSSR count). The summed E-state index contributed by atoms with van der Waals surface area (Å²) in [5.74, 6) is -0.494. The molecule has 0 aromatic heterocycles. The summed E-state index contributed by atoms with van der Waals surface area (Å²) in [6, 6.07) is 0. The van der Waals surface area contributed by atoms with Gasteiger partial charge in [-0.15, -0.1) is 0 Å². The molecule has 0 aliphatic rings. The second-order valence-electron chi connectivity index (χ2n) is 6.53. The molecule has 0 amide bonds. The highest BCUT2D eigenvalue weighted by Gasteiger charge is 2.18. The van der Waals surface area contributed by atoms with Gasteiger partial charge in [-0.1, -0.05) is 72.1 Å². The predicted molar refractivity (Wildman–Crippen MR) is 97.6 cm³/mol. The molecule has 0 aliphatic heterocycles. The van der Waals surface area contributed by atoms with Crippen molar-refractivity contribution >= 4 is 11.9 Å². The maximum atomic E-state index is 11.9. The van der Waals surface area contributed by atoms with Crippen LogP contribution in [0.2, 0.25) is 0 Å². The number of carbonyl (C=O) groups excluding carboxylic acids is 2. The van der Waals surface area contributed by atoms with Gasteiger partial charge in [0.1, 0.15) is 0 Å². The fraction of sp³-hybridized carbons (Fsp3) is 0.900. The van der Waals surface area contributed by atoms with E-state index in [1.165, 1.54) is 19.3 Å². The van der Waals surface area contributed by atoms with E-state index in [0.717, 1.165) is 51.4 Å². The summed E-state index contributed by atoms with van der Waals surface area (Å²) in [5.41, 5.74) is 0. The summed E-state index contributed by atoms with van der Waals surface area (Å²) >= 11 is 0. The van der Waals surface area contributed by atoms with E-state index >= 15 is 0 Å². The molecular weight excluding hydrogens is 304 g/mol. The highest BCUT2D eigenvalue weighted by Crippen LogP contribution is 2.14. The topological polar surface area (TPSA) is 52.6 Å². The van der Waals surface area contributed by atoms with Crippen molar-refractivity contribution in [2.45, 2.75) is 117 Å². The molecule has 0 unspecified atom stereocenters. The van der Waals surface area contributed by atoms with E-state index in [9.17, 15) is 9.59 Å². The molecule has 0 aromatic rings. The number of hydrogen-bond acceptors (Lipinski definition) is 4. The van der Waals surface area contributed by atoms with Gasteiger partial charge in [-0.2, -0.15) is 0 Å². The first-order valence-corrected chi connectivity index (χ1v) is 10.0. The molecule has 0 saturated carbocycles. The minimum absolute atomic E-state index is 0.247. The van der Waals surface area contributed by atoms with Crippen molar-refractivity contribution in [3.63, 3.8) is 0 Å². The average molecular weight is 343 g/mol. The third-order valence-corrected chi connectivity index (χ3v) is 4.04. The Morgan fingerprint density at radius 2 is 1.04 bits per heavy atom. The van der Waals surface area contributed by atoms with Crippen LogP contribution in [0.25, 0.3) is 0 Å². The van der Waals surface area contributed by atoms with Crippen LogP contribution in [-0.4, -0.2) is 18.2 Å². The molecule has 0 atom stereocenters. The standard InChI is InChI=1S/C20H38O4/c1-4-7-10-11-14-17-20(23-18(21)15-12-8-5-2)24-19(22)16-13-9-6-3/h20H,4-17H2,1-3H3. The molecule has 0 radical (unpaired) electrons. The van der Waals surface area contributed by atoms with Crippen LogP contribution in [0.1, 0.15) is 111 Å². The quantitative estimate of drug-likeness (QED) is 0.198. The first-order chi connectivity index (χ1) is 11.6. The van der Waals surface area contributed by atoms with Crippen LogP contribution in [0.15, 0.2) is 0 Å². The minimum Gasteiger partial charge on any atom is -0.425 e. The Morgan fingerprint density at radius 3 is 1.50 bits per heavy atom. The maximum absolute atomic E-state index is 11.9. The zero-order valence-electron chi connectivity index (χ0n) is 16.1. The monoisotopic (exact) mass is 342 g/mol. The van der Waals surface area contributed by atoms with Crippen molar-refractivity contribution in [2.75, 3.05) is 0 Å². The van der Waals surface area contributed by atoms with Crippen LogP contribution in [-0.2, 0) is 19.1 Å². The van der Waals surface area contributed by atoms with Gasteiger partial charge in [0.2, 0.25) is 6.29 Å². The summed E-state index contributed by atoms with van der Waals surface area (Å²) < 4.78 is 10.8. The summed E-state index contributed by atoms with van der Waals surface area (Å²) in [6.45, 7) is 6.38. The first-order valence-electron chi connectivity index (χ1n) is 10.0. The Labute approximate surface area is 148 Å². The SMILES string of the molecule is CCCCCCCC(OC(=O)CCCCC)OC(=O)CCCCC. The molecular formula is C20H38O4. The highest BCUT2D eigenvalue weighted by molar-refractivity contribution is 5.71. The molecule has 24 heavy (non-hydrogen) atoms. The van der Waals surface area contributed by atoms with E-state index < -0.39 is 6.29 Å². The van der Waals surface area contributed by atoms with Crippen LogP contribution < -0.4 is 0 Å². The van der Waals surface area contributed by atoms with Gasteiger partial charge in [0.25, 0.3) is 0 Å². The molecule has 142 valence electrons. The molecule has 0 fully saturated rings. The van der Waals surface area contributed by atoms with E-state index in [1.54, 1.807) is 0 Å². The van der Waals surface area contributed by atoms with E-state index in [0.29, 0.717) is 19.3 Å². The van der Waals surface area contributed by atoms with Crippen molar-refractivity contribution < 1.29 is 19.1 Å². The Hall–Kier alpha value is -1.06. The van der Waals surface area contributed by atoms with Crippen molar-refractivity contribution in [1.29, 1.82) is 0 Å². The molecule has 4 heteroatoms. The third kappa shape index (κ3) is 14.5. The molecule has 0 N–H and O–H groups in total. The second-order valence-corrected chi connectivity index (χ2v) is 6.53. The average Bonchev–Trinajstić information content (AvgIpc) is 2.55. The van der Waals surface area contributed by atoms with Gasteiger partial charge in [-0.25, -0.2) is 0 Å². The van der Waals surface area contributed by atoms with Crippen LogP contribution in [0, 0.1) is 0 Å². The molecule has 0 bridgehead atoms. The molecule has 0 aliphatic carbocycles. The molecule has 4 nitrogen and oxygen atoms in total. The summed E-state index contributed by atoms with van der Waals surface area (Å²) in [7, 11) is 0. The Bertz CT molecular complexity index is 291. The van der Waals surface area contributed by atoms with Crippen molar-refractivity contribution in [3.8, 4) is 0 Å². The first kappa shape index (κ1) is 22.9. The molecule has 0 saturated heterocycles. The van der Waals surface area contributed by atoms with Crippen LogP contribution in [0.5, 0.6) is 0 Å². The van der Waals surface area contributed by atoms with Crippen molar-refractivity contribution in [2.24, 2.45) is 0 Å². The van der Waals surface area contributed by atoms with Gasteiger partial charge in [0.15, 0.2) is 0 Å². The number of unbranched alkanes of at least 4 members (excludes halogenated alkanes) is 8. The van der Waals surface area contributed by atoms with Crippen molar-refractivity contribution in [1.82, 2.24) is 0 Å². The lowest BCUT2D eigenvalue weighted by Crippen LogP contribution is -2.24. The van der Waals surface area contributed by atoms with Crippen LogP contribution in [0.3, 0.4) is 0 Å². The largest absolute Gasteiger partial charge is 0.425 e. The lowest BCUT2D eigenvalue weighted by atomic mass is 10.1. The fourth-order valence-electron chi connectivity index (χ4n) is 2.51. The van der Waals surface area contributed by atoms with Crippen molar-refractivity contribution in [3.05, 3.63) is 0 Å². The fourth-order valence-corrected chi connectivity index (χ4v) is 2.51. The normalized spacial score (nSPS) is 10.8. The van der Waals surface area contributed by atoms with Gasteiger partial charge < -0.3 is 9.47 Å². The van der Waals surface area contributed by atoms with E-state index in [1.807, 2.05) is 0 Å². The highest BCUT2D eigenvalue weighted by atomic mass is 16.7. The number of hydrogen-bond donors (Lipinski definition) is 0. The van der Waals surface area contributed by atoms with Crippen LogP contribution >= 0.6 is 0 Å². The molecule has 0 aromatic carbocycles. The zero-order chi connectivity index (χ0) is 18.0. The summed E-state index contributed by atoms with van der Waals surface area (Å²) in [5, 5.41) is 0. The Kier molecular flexibility index (Phi) is 16.0. The number of rotatable bonds is 16. The van der Waals surface area contributed by atoms with Gasteiger partial charge >= 0.3 is 11.9 Å². The van der Waals surface area contributed by atoms with Gasteiger partial charge in [-0.05, 0) is 19.3 Å². The number of ether oxygens (including phenoxy) is 2. The number of esters is 2. The van der Waals surface area contributed by atoms with Gasteiger partial charge in [0.05, 0.1) is 0 Å². The van der Waals surface area contributed by atoms with Gasteiger partial charge in [-0.3, -0.25) is 9.59 Å². The lowest BCUT2D eigenvalue weighted by molar-refractivity contribution is -0.189. The van der Waals surface area contributed by atoms with E-state index in [2.05, 4.69) is 20.8 Å². The summed E-state index contributed by atoms with van der Waals surface area (Å²) in [4.78, 5) is 23.8. The molecule has 0 spiro atoms. The smallest absolute Gasteiger partial charge is 0.308 e. The lowest BCUT2D eigenvalue weighted by Gasteiger charge is -2.18. The Morgan fingerprint density at radius 1 is 0.625 bits per heavy atom.